The Bertz CT molecular complexity index is 1090. The second kappa shape index (κ2) is 7.74. The molecule has 0 spiro atoms. The fourth-order valence-corrected chi connectivity index (χ4v) is 4.44. The summed E-state index contributed by atoms with van der Waals surface area (Å²) >= 11 is 0. The summed E-state index contributed by atoms with van der Waals surface area (Å²) in [4.78, 5) is 22.7. The Morgan fingerprint density at radius 3 is 2.77 bits per heavy atom. The molecule has 2 atom stereocenters. The van der Waals surface area contributed by atoms with E-state index in [1.165, 1.54) is 18.6 Å². The molecule has 7 heteroatoms. The van der Waals surface area contributed by atoms with Gasteiger partial charge < -0.3 is 4.74 Å². The molecule has 30 heavy (non-hydrogen) atoms. The number of rotatable bonds is 5. The van der Waals surface area contributed by atoms with Gasteiger partial charge in [0.05, 0.1) is 23.8 Å². The number of nitro groups is 1. The van der Waals surface area contributed by atoms with E-state index in [-0.39, 0.29) is 28.4 Å². The largest absolute Gasteiger partial charge is 0.497 e. The number of ketones is 1. The van der Waals surface area contributed by atoms with Gasteiger partial charge in [0.15, 0.2) is 5.78 Å². The van der Waals surface area contributed by atoms with Crippen LogP contribution in [0.3, 0.4) is 0 Å². The van der Waals surface area contributed by atoms with Crippen LogP contribution < -0.4 is 4.74 Å². The molecule has 1 aliphatic heterocycles. The lowest BCUT2D eigenvalue weighted by molar-refractivity contribution is -0.385. The molecule has 0 saturated heterocycles. The van der Waals surface area contributed by atoms with Gasteiger partial charge in [0, 0.05) is 35.4 Å². The molecule has 154 valence electrons. The topological polar surface area (TPSA) is 85.0 Å². The number of benzene rings is 2. The standard InChI is InChI=1S/C23H23N3O4/c1-14(11-15(2)27)25-23(17-5-4-6-18(12-17)26(28)29)21-9-7-16-13-19(30-3)8-10-20(16)22(21)24-25/h4-6,8,10-13,21,23H,7,9H2,1-3H3/b14-11+/t21-,23+/m1/s1. The van der Waals surface area contributed by atoms with Crippen molar-refractivity contribution in [2.45, 2.75) is 32.7 Å². The van der Waals surface area contributed by atoms with Crippen LogP contribution in [-0.4, -0.2) is 28.5 Å². The summed E-state index contributed by atoms with van der Waals surface area (Å²) in [6, 6.07) is 12.5. The predicted octanol–water partition coefficient (Wildman–Crippen LogP) is 4.42. The van der Waals surface area contributed by atoms with Crippen molar-refractivity contribution >= 4 is 17.2 Å². The maximum atomic E-state index is 11.7. The van der Waals surface area contributed by atoms with E-state index < -0.39 is 0 Å². The van der Waals surface area contributed by atoms with E-state index in [9.17, 15) is 14.9 Å². The molecule has 1 aliphatic carbocycles. The highest BCUT2D eigenvalue weighted by molar-refractivity contribution is 6.06. The van der Waals surface area contributed by atoms with Crippen LogP contribution in [0.25, 0.3) is 0 Å². The maximum absolute atomic E-state index is 11.7. The normalized spacial score (nSPS) is 20.3. The number of hydrogen-bond donors (Lipinski definition) is 0. The first-order chi connectivity index (χ1) is 14.4. The fraction of sp³-hybridized carbons (Fsp3) is 0.304. The first kappa shape index (κ1) is 19.8. The van der Waals surface area contributed by atoms with E-state index >= 15 is 0 Å². The monoisotopic (exact) mass is 405 g/mol. The summed E-state index contributed by atoms with van der Waals surface area (Å²) in [5, 5.41) is 18.1. The number of nitrogens with zero attached hydrogens (tertiary/aromatic N) is 3. The number of hydrogen-bond acceptors (Lipinski definition) is 6. The van der Waals surface area contributed by atoms with E-state index in [1.807, 2.05) is 36.2 Å². The smallest absolute Gasteiger partial charge is 0.269 e. The number of allylic oxidation sites excluding steroid dienone is 2. The van der Waals surface area contributed by atoms with Crippen LogP contribution in [0.1, 0.15) is 43.0 Å². The molecular weight excluding hydrogens is 382 g/mol. The van der Waals surface area contributed by atoms with Crippen LogP contribution in [0.15, 0.2) is 59.3 Å². The zero-order chi connectivity index (χ0) is 21.4. The number of fused-ring (bicyclic) bond motifs is 3. The van der Waals surface area contributed by atoms with Gasteiger partial charge in [-0.25, -0.2) is 0 Å². The molecule has 2 aromatic carbocycles. The highest BCUT2D eigenvalue weighted by Crippen LogP contribution is 2.45. The van der Waals surface area contributed by atoms with Crippen molar-refractivity contribution in [3.05, 3.63) is 81.0 Å². The lowest BCUT2D eigenvalue weighted by Gasteiger charge is -2.31. The second-order valence-electron chi connectivity index (χ2n) is 7.69. The lowest BCUT2D eigenvalue weighted by Crippen LogP contribution is -2.28. The first-order valence-electron chi connectivity index (χ1n) is 9.87. The Morgan fingerprint density at radius 1 is 1.27 bits per heavy atom. The Balaban J connectivity index is 1.83. The van der Waals surface area contributed by atoms with Crippen molar-refractivity contribution < 1.29 is 14.5 Å². The van der Waals surface area contributed by atoms with Crippen LogP contribution >= 0.6 is 0 Å². The molecule has 0 N–H and O–H groups in total. The van der Waals surface area contributed by atoms with Gasteiger partial charge in [0.1, 0.15) is 5.75 Å². The Kier molecular flexibility index (Phi) is 5.11. The molecule has 2 aliphatic rings. The SMILES string of the molecule is COc1ccc2c(c1)CC[C@@H]1C2=NN(/C(C)=C/C(C)=O)[C@H]1c1cccc([N+](=O)[O-])c1. The Morgan fingerprint density at radius 2 is 2.07 bits per heavy atom. The molecule has 0 amide bonds. The Hall–Kier alpha value is -3.48. The van der Waals surface area contributed by atoms with Gasteiger partial charge in [-0.15, -0.1) is 0 Å². The number of carbonyl (C=O) groups excluding carboxylic acids is 1. The zero-order valence-corrected chi connectivity index (χ0v) is 17.2. The Labute approximate surface area is 174 Å². The van der Waals surface area contributed by atoms with Crippen LogP contribution in [0.4, 0.5) is 5.69 Å². The fourth-order valence-electron chi connectivity index (χ4n) is 4.44. The summed E-state index contributed by atoms with van der Waals surface area (Å²) in [6.07, 6.45) is 3.28. The molecule has 4 rings (SSSR count). The van der Waals surface area contributed by atoms with Crippen LogP contribution in [0.2, 0.25) is 0 Å². The number of carbonyl (C=O) groups is 1. The summed E-state index contributed by atoms with van der Waals surface area (Å²) in [5.74, 6) is 0.819. The summed E-state index contributed by atoms with van der Waals surface area (Å²) in [7, 11) is 1.65. The summed E-state index contributed by atoms with van der Waals surface area (Å²) in [6.45, 7) is 3.35. The van der Waals surface area contributed by atoms with Gasteiger partial charge in [-0.3, -0.25) is 19.9 Å². The van der Waals surface area contributed by atoms with E-state index in [1.54, 1.807) is 25.3 Å². The zero-order valence-electron chi connectivity index (χ0n) is 17.2. The van der Waals surface area contributed by atoms with E-state index in [0.717, 1.165) is 41.1 Å². The first-order valence-corrected chi connectivity index (χ1v) is 9.87. The number of methoxy groups -OCH3 is 1. The van der Waals surface area contributed by atoms with Crippen molar-refractivity contribution in [1.29, 1.82) is 0 Å². The highest BCUT2D eigenvalue weighted by Gasteiger charge is 2.42. The number of non-ortho nitro benzene ring substituents is 1. The number of hydrazone groups is 1. The second-order valence-corrected chi connectivity index (χ2v) is 7.69. The molecule has 0 fully saturated rings. The van der Waals surface area contributed by atoms with Gasteiger partial charge in [-0.05, 0) is 56.0 Å². The maximum Gasteiger partial charge on any atom is 0.269 e. The average Bonchev–Trinajstić information content (AvgIpc) is 3.13. The van der Waals surface area contributed by atoms with Crippen LogP contribution in [0, 0.1) is 16.0 Å². The van der Waals surface area contributed by atoms with Crippen molar-refractivity contribution in [2.75, 3.05) is 7.11 Å². The van der Waals surface area contributed by atoms with Crippen LogP contribution in [0.5, 0.6) is 5.75 Å². The van der Waals surface area contributed by atoms with Crippen molar-refractivity contribution in [3.63, 3.8) is 0 Å². The van der Waals surface area contributed by atoms with Gasteiger partial charge in [0.25, 0.3) is 5.69 Å². The van der Waals surface area contributed by atoms with E-state index in [4.69, 9.17) is 9.84 Å². The lowest BCUT2D eigenvalue weighted by atomic mass is 9.77. The minimum Gasteiger partial charge on any atom is -0.497 e. The van der Waals surface area contributed by atoms with Crippen molar-refractivity contribution in [1.82, 2.24) is 5.01 Å². The molecular formula is C23H23N3O4. The summed E-state index contributed by atoms with van der Waals surface area (Å²) in [5.41, 5.74) is 4.79. The summed E-state index contributed by atoms with van der Waals surface area (Å²) < 4.78 is 5.36. The molecule has 0 saturated carbocycles. The minimum atomic E-state index is -0.384. The minimum absolute atomic E-state index is 0.0510. The third-order valence-electron chi connectivity index (χ3n) is 5.72. The molecule has 7 nitrogen and oxygen atoms in total. The van der Waals surface area contributed by atoms with Crippen molar-refractivity contribution in [2.24, 2.45) is 11.0 Å². The molecule has 1 heterocycles. The number of ether oxygens (including phenoxy) is 1. The molecule has 0 radical (unpaired) electrons. The average molecular weight is 405 g/mol. The number of aryl methyl sites for hydroxylation is 1. The van der Waals surface area contributed by atoms with Crippen molar-refractivity contribution in [3.8, 4) is 5.75 Å². The predicted molar refractivity (Wildman–Crippen MR) is 113 cm³/mol. The third kappa shape index (κ3) is 3.47. The highest BCUT2D eigenvalue weighted by atomic mass is 16.6. The van der Waals surface area contributed by atoms with Gasteiger partial charge in [-0.2, -0.15) is 5.10 Å². The van der Waals surface area contributed by atoms with E-state index in [2.05, 4.69) is 0 Å². The van der Waals surface area contributed by atoms with Gasteiger partial charge >= 0.3 is 0 Å². The molecule has 0 unspecified atom stereocenters. The van der Waals surface area contributed by atoms with Gasteiger partial charge in [-0.1, -0.05) is 12.1 Å². The number of nitro benzene ring substituents is 1. The molecule has 0 aromatic heterocycles. The molecule has 2 aromatic rings. The molecule has 0 bridgehead atoms. The van der Waals surface area contributed by atoms with Gasteiger partial charge in [0.2, 0.25) is 0 Å². The van der Waals surface area contributed by atoms with Crippen LogP contribution in [-0.2, 0) is 11.2 Å². The quantitative estimate of drug-likeness (QED) is 0.418. The third-order valence-corrected chi connectivity index (χ3v) is 5.72. The van der Waals surface area contributed by atoms with E-state index in [0.29, 0.717) is 0 Å².